The Balaban J connectivity index is 1.75. The molecule has 1 aliphatic heterocycles. The van der Waals surface area contributed by atoms with Crippen LogP contribution in [0.15, 0.2) is 23.1 Å². The first kappa shape index (κ1) is 18.4. The molecule has 0 atom stereocenters. The molecule has 0 fully saturated rings. The number of hydrogen-bond acceptors (Lipinski definition) is 5. The minimum atomic E-state index is -0.855. The van der Waals surface area contributed by atoms with Crippen molar-refractivity contribution in [3.63, 3.8) is 0 Å². The quantitative estimate of drug-likeness (QED) is 0.699. The van der Waals surface area contributed by atoms with Crippen molar-refractivity contribution >= 4 is 23.6 Å². The van der Waals surface area contributed by atoms with E-state index in [2.05, 4.69) is 5.32 Å². The van der Waals surface area contributed by atoms with E-state index in [1.807, 2.05) is 32.0 Å². The minimum absolute atomic E-state index is 0.0409. The van der Waals surface area contributed by atoms with Gasteiger partial charge < -0.3 is 19.9 Å². The van der Waals surface area contributed by atoms with Crippen LogP contribution in [0.1, 0.15) is 33.1 Å². The zero-order valence-electron chi connectivity index (χ0n) is 14.0. The SMILES string of the molecule is CC(C)(CCC(=O)O)NC(=O)CCSc1ccc2c(c1)OCCO2. The molecule has 132 valence electrons. The molecule has 1 aliphatic rings. The first-order valence-corrected chi connectivity index (χ1v) is 8.89. The fraction of sp³-hybridized carbons (Fsp3) is 0.529. The number of thioether (sulfide) groups is 1. The highest BCUT2D eigenvalue weighted by Gasteiger charge is 2.21. The third-order valence-electron chi connectivity index (χ3n) is 3.55. The second kappa shape index (κ2) is 8.28. The molecule has 6 nitrogen and oxygen atoms in total. The van der Waals surface area contributed by atoms with Crippen LogP contribution in [-0.4, -0.2) is 41.5 Å². The molecule has 0 radical (unpaired) electrons. The van der Waals surface area contributed by atoms with E-state index in [1.54, 1.807) is 11.8 Å². The number of carbonyl (C=O) groups is 2. The summed E-state index contributed by atoms with van der Waals surface area (Å²) < 4.78 is 11.0. The third kappa shape index (κ3) is 5.96. The Morgan fingerprint density at radius 3 is 2.62 bits per heavy atom. The first-order valence-electron chi connectivity index (χ1n) is 7.91. The van der Waals surface area contributed by atoms with Crippen LogP contribution >= 0.6 is 11.8 Å². The molecule has 2 N–H and O–H groups in total. The predicted molar refractivity (Wildman–Crippen MR) is 91.9 cm³/mol. The van der Waals surface area contributed by atoms with Gasteiger partial charge in [-0.3, -0.25) is 9.59 Å². The van der Waals surface area contributed by atoms with Gasteiger partial charge in [-0.15, -0.1) is 11.8 Å². The lowest BCUT2D eigenvalue weighted by atomic mass is 9.98. The molecule has 0 saturated carbocycles. The van der Waals surface area contributed by atoms with Crippen molar-refractivity contribution in [3.05, 3.63) is 18.2 Å². The van der Waals surface area contributed by atoms with Gasteiger partial charge in [0.25, 0.3) is 0 Å². The van der Waals surface area contributed by atoms with Gasteiger partial charge in [-0.1, -0.05) is 0 Å². The normalized spacial score (nSPS) is 13.4. The molecule has 24 heavy (non-hydrogen) atoms. The summed E-state index contributed by atoms with van der Waals surface area (Å²) in [6.07, 6.45) is 0.818. The van der Waals surface area contributed by atoms with E-state index in [9.17, 15) is 9.59 Å². The molecule has 0 bridgehead atoms. The Labute approximate surface area is 145 Å². The number of aliphatic carboxylic acids is 1. The highest BCUT2D eigenvalue weighted by atomic mass is 32.2. The van der Waals surface area contributed by atoms with E-state index in [1.165, 1.54) is 0 Å². The van der Waals surface area contributed by atoms with Crippen molar-refractivity contribution in [3.8, 4) is 11.5 Å². The Kier molecular flexibility index (Phi) is 6.36. The van der Waals surface area contributed by atoms with E-state index in [0.29, 0.717) is 31.8 Å². The Morgan fingerprint density at radius 1 is 1.21 bits per heavy atom. The summed E-state index contributed by atoms with van der Waals surface area (Å²) >= 11 is 1.58. The zero-order valence-corrected chi connectivity index (χ0v) is 14.8. The molecule has 0 spiro atoms. The van der Waals surface area contributed by atoms with Gasteiger partial charge in [0.2, 0.25) is 5.91 Å². The number of fused-ring (bicyclic) bond motifs is 1. The third-order valence-corrected chi connectivity index (χ3v) is 4.55. The largest absolute Gasteiger partial charge is 0.486 e. The number of carbonyl (C=O) groups excluding carboxylic acids is 1. The van der Waals surface area contributed by atoms with Crippen LogP contribution in [-0.2, 0) is 9.59 Å². The standard InChI is InChI=1S/C17H23NO5S/c1-17(2,7-5-16(20)21)18-15(19)6-10-24-12-3-4-13-14(11-12)23-9-8-22-13/h3-4,11H,5-10H2,1-2H3,(H,18,19)(H,20,21). The number of hydrogen-bond donors (Lipinski definition) is 2. The molecule has 2 rings (SSSR count). The number of carboxylic acids is 1. The molecule has 1 heterocycles. The Morgan fingerprint density at radius 2 is 1.92 bits per heavy atom. The van der Waals surface area contributed by atoms with Crippen molar-refractivity contribution in [1.29, 1.82) is 0 Å². The first-order chi connectivity index (χ1) is 11.4. The van der Waals surface area contributed by atoms with Gasteiger partial charge >= 0.3 is 5.97 Å². The highest BCUT2D eigenvalue weighted by molar-refractivity contribution is 7.99. The van der Waals surface area contributed by atoms with Gasteiger partial charge in [0.1, 0.15) is 13.2 Å². The fourth-order valence-corrected chi connectivity index (χ4v) is 3.17. The molecular formula is C17H23NO5S. The number of nitrogens with one attached hydrogen (secondary N) is 1. The van der Waals surface area contributed by atoms with E-state index in [4.69, 9.17) is 14.6 Å². The molecule has 1 amide bonds. The molecule has 1 aromatic carbocycles. The maximum Gasteiger partial charge on any atom is 0.303 e. The van der Waals surface area contributed by atoms with Gasteiger partial charge in [0, 0.05) is 29.0 Å². The summed E-state index contributed by atoms with van der Waals surface area (Å²) in [7, 11) is 0. The maximum atomic E-state index is 12.0. The average molecular weight is 353 g/mol. The summed E-state index contributed by atoms with van der Waals surface area (Å²) in [5.41, 5.74) is -0.517. The van der Waals surface area contributed by atoms with Crippen LogP contribution in [0.2, 0.25) is 0 Å². The molecule has 7 heteroatoms. The molecular weight excluding hydrogens is 330 g/mol. The van der Waals surface area contributed by atoms with Crippen molar-refractivity contribution in [2.45, 2.75) is 43.5 Å². The summed E-state index contributed by atoms with van der Waals surface area (Å²) in [5.74, 6) is 1.21. The van der Waals surface area contributed by atoms with E-state index >= 15 is 0 Å². The van der Waals surface area contributed by atoms with Crippen molar-refractivity contribution in [1.82, 2.24) is 5.32 Å². The van der Waals surface area contributed by atoms with Crippen molar-refractivity contribution in [2.24, 2.45) is 0 Å². The van der Waals surface area contributed by atoms with E-state index < -0.39 is 11.5 Å². The summed E-state index contributed by atoms with van der Waals surface area (Å²) in [6.45, 7) is 4.79. The van der Waals surface area contributed by atoms with Crippen LogP contribution in [0.3, 0.4) is 0 Å². The predicted octanol–water partition coefficient (Wildman–Crippen LogP) is 2.70. The zero-order chi connectivity index (χ0) is 17.6. The minimum Gasteiger partial charge on any atom is -0.486 e. The molecule has 1 aromatic rings. The van der Waals surface area contributed by atoms with Gasteiger partial charge in [0.15, 0.2) is 11.5 Å². The van der Waals surface area contributed by atoms with Gasteiger partial charge in [-0.2, -0.15) is 0 Å². The van der Waals surface area contributed by atoms with E-state index in [0.717, 1.165) is 16.4 Å². The molecule has 0 aliphatic carbocycles. The van der Waals surface area contributed by atoms with Crippen LogP contribution in [0, 0.1) is 0 Å². The highest BCUT2D eigenvalue weighted by Crippen LogP contribution is 2.34. The second-order valence-electron chi connectivity index (χ2n) is 6.23. The topological polar surface area (TPSA) is 84.9 Å². The summed E-state index contributed by atoms with van der Waals surface area (Å²) in [4.78, 5) is 23.7. The number of carboxylic acid groups (broad SMARTS) is 1. The van der Waals surface area contributed by atoms with Gasteiger partial charge in [0.05, 0.1) is 0 Å². The number of amides is 1. The number of rotatable bonds is 8. The van der Waals surface area contributed by atoms with Crippen LogP contribution < -0.4 is 14.8 Å². The van der Waals surface area contributed by atoms with Crippen LogP contribution in [0.5, 0.6) is 11.5 Å². The number of ether oxygens (including phenoxy) is 2. The Bertz CT molecular complexity index is 603. The summed E-state index contributed by atoms with van der Waals surface area (Å²) in [5, 5.41) is 11.6. The van der Waals surface area contributed by atoms with Crippen LogP contribution in [0.4, 0.5) is 0 Å². The molecule has 0 unspecified atom stereocenters. The molecule has 0 aromatic heterocycles. The lowest BCUT2D eigenvalue weighted by Crippen LogP contribution is -2.43. The monoisotopic (exact) mass is 353 g/mol. The summed E-state index contributed by atoms with van der Waals surface area (Å²) in [6, 6.07) is 5.76. The smallest absolute Gasteiger partial charge is 0.303 e. The van der Waals surface area contributed by atoms with Gasteiger partial charge in [-0.05, 0) is 38.5 Å². The second-order valence-corrected chi connectivity index (χ2v) is 7.40. The lowest BCUT2D eigenvalue weighted by molar-refractivity contribution is -0.137. The molecule has 0 saturated heterocycles. The maximum absolute atomic E-state index is 12.0. The lowest BCUT2D eigenvalue weighted by Gasteiger charge is -2.25. The fourth-order valence-electron chi connectivity index (χ4n) is 2.30. The van der Waals surface area contributed by atoms with Crippen molar-refractivity contribution in [2.75, 3.05) is 19.0 Å². The van der Waals surface area contributed by atoms with Gasteiger partial charge in [-0.25, -0.2) is 0 Å². The number of benzene rings is 1. The van der Waals surface area contributed by atoms with Crippen molar-refractivity contribution < 1.29 is 24.2 Å². The Hall–Kier alpha value is -1.89. The van der Waals surface area contributed by atoms with Crippen LogP contribution in [0.25, 0.3) is 0 Å². The van der Waals surface area contributed by atoms with E-state index in [-0.39, 0.29) is 12.3 Å². The average Bonchev–Trinajstić information content (AvgIpc) is 2.52.